The summed E-state index contributed by atoms with van der Waals surface area (Å²) in [7, 11) is 0. The maximum Gasteiger partial charge on any atom is 0.308 e. The standard InChI is InChI=1S/C34H63N3O4/c1-22(8-11-29(38)23(2)32(40)41)26-9-10-27-31-28(13-15-34(26,27)4)33(3)14-12-25(20-24(33)21-30(31)39)37-19-7-18-36-17-6-5-16-35/h22-31,36-39H,5-21,35H2,1-4H3,(H,40,41)/t22-,23?,24-,25+,26-,27?,28?,29?,30-,31?,33+,34-/m1/s1. The number of carboxylic acids is 1. The summed E-state index contributed by atoms with van der Waals surface area (Å²) < 4.78 is 0. The van der Waals surface area contributed by atoms with E-state index < -0.39 is 18.0 Å². The first-order valence-corrected chi connectivity index (χ1v) is 17.3. The van der Waals surface area contributed by atoms with Gasteiger partial charge in [0.1, 0.15) is 0 Å². The van der Waals surface area contributed by atoms with Crippen LogP contribution in [0.2, 0.25) is 0 Å². The molecule has 0 spiro atoms. The first-order chi connectivity index (χ1) is 19.5. The van der Waals surface area contributed by atoms with Crippen molar-refractivity contribution in [2.24, 2.45) is 58.0 Å². The highest BCUT2D eigenvalue weighted by Crippen LogP contribution is 2.68. The van der Waals surface area contributed by atoms with E-state index in [0.717, 1.165) is 58.3 Å². The van der Waals surface area contributed by atoms with Crippen molar-refractivity contribution in [1.82, 2.24) is 10.6 Å². The van der Waals surface area contributed by atoms with Crippen molar-refractivity contribution in [2.75, 3.05) is 26.2 Å². The van der Waals surface area contributed by atoms with Gasteiger partial charge in [-0.2, -0.15) is 0 Å². The first-order valence-electron chi connectivity index (χ1n) is 17.3. The number of nitrogens with two attached hydrogens (primary N) is 1. The van der Waals surface area contributed by atoms with E-state index in [1.54, 1.807) is 6.92 Å². The molecule has 0 saturated heterocycles. The largest absolute Gasteiger partial charge is 0.481 e. The van der Waals surface area contributed by atoms with Crippen molar-refractivity contribution in [3.8, 4) is 0 Å². The molecule has 7 N–H and O–H groups in total. The van der Waals surface area contributed by atoms with E-state index in [0.29, 0.717) is 53.4 Å². The number of unbranched alkanes of at least 4 members (excludes halogenated alkanes) is 1. The summed E-state index contributed by atoms with van der Waals surface area (Å²) in [6.07, 6.45) is 13.5. The smallest absolute Gasteiger partial charge is 0.308 e. The lowest BCUT2D eigenvalue weighted by atomic mass is 9.43. The molecule has 4 fully saturated rings. The molecule has 0 radical (unpaired) electrons. The van der Waals surface area contributed by atoms with Gasteiger partial charge >= 0.3 is 5.97 Å². The second-order valence-corrected chi connectivity index (χ2v) is 15.3. The summed E-state index contributed by atoms with van der Waals surface area (Å²) in [6, 6.07) is 0.582. The molecule has 7 nitrogen and oxygen atoms in total. The average Bonchev–Trinajstić information content (AvgIpc) is 3.30. The molecule has 0 bridgehead atoms. The minimum Gasteiger partial charge on any atom is -0.481 e. The maximum atomic E-state index is 11.7. The van der Waals surface area contributed by atoms with Crippen LogP contribution in [0.25, 0.3) is 0 Å². The van der Waals surface area contributed by atoms with Crippen LogP contribution in [-0.4, -0.2) is 65.7 Å². The predicted octanol–water partition coefficient (Wildman–Crippen LogP) is 4.79. The quantitative estimate of drug-likeness (QED) is 0.154. The average molecular weight is 578 g/mol. The molecule has 238 valence electrons. The van der Waals surface area contributed by atoms with Crippen LogP contribution in [-0.2, 0) is 4.79 Å². The molecule has 4 saturated carbocycles. The van der Waals surface area contributed by atoms with Gasteiger partial charge in [-0.05, 0) is 163 Å². The van der Waals surface area contributed by atoms with Crippen LogP contribution in [0.4, 0.5) is 0 Å². The topological polar surface area (TPSA) is 128 Å². The third-order valence-corrected chi connectivity index (χ3v) is 13.1. The van der Waals surface area contributed by atoms with Crippen molar-refractivity contribution in [3.63, 3.8) is 0 Å². The number of carboxylic acid groups (broad SMARTS) is 1. The van der Waals surface area contributed by atoms with Gasteiger partial charge < -0.3 is 31.7 Å². The van der Waals surface area contributed by atoms with Crippen molar-refractivity contribution in [1.29, 1.82) is 0 Å². The molecular formula is C34H63N3O4. The molecule has 5 unspecified atom stereocenters. The number of rotatable bonds is 15. The van der Waals surface area contributed by atoms with E-state index in [9.17, 15) is 20.1 Å². The summed E-state index contributed by atoms with van der Waals surface area (Å²) >= 11 is 0. The molecule has 4 aliphatic rings. The third kappa shape index (κ3) is 7.16. The molecule has 0 aliphatic heterocycles. The monoisotopic (exact) mass is 577 g/mol. The highest BCUT2D eigenvalue weighted by atomic mass is 16.4. The van der Waals surface area contributed by atoms with E-state index in [2.05, 4.69) is 31.4 Å². The molecule has 4 aliphatic carbocycles. The predicted molar refractivity (Wildman–Crippen MR) is 165 cm³/mol. The van der Waals surface area contributed by atoms with Crippen LogP contribution in [0.15, 0.2) is 0 Å². The zero-order chi connectivity index (χ0) is 29.8. The molecule has 0 aromatic heterocycles. The fraction of sp³-hybridized carbons (Fsp3) is 0.971. The fourth-order valence-corrected chi connectivity index (χ4v) is 10.5. The summed E-state index contributed by atoms with van der Waals surface area (Å²) in [4.78, 5) is 11.3. The van der Waals surface area contributed by atoms with Gasteiger partial charge in [-0.15, -0.1) is 0 Å². The number of carbonyl (C=O) groups is 1. The Morgan fingerprint density at radius 1 is 0.927 bits per heavy atom. The number of aliphatic carboxylic acids is 1. The van der Waals surface area contributed by atoms with Crippen LogP contribution in [0.1, 0.15) is 111 Å². The lowest BCUT2D eigenvalue weighted by Gasteiger charge is -2.62. The minimum absolute atomic E-state index is 0.188. The van der Waals surface area contributed by atoms with Crippen molar-refractivity contribution in [3.05, 3.63) is 0 Å². The Morgan fingerprint density at radius 3 is 2.37 bits per heavy atom. The second kappa shape index (κ2) is 14.4. The van der Waals surface area contributed by atoms with Crippen LogP contribution < -0.4 is 16.4 Å². The van der Waals surface area contributed by atoms with Crippen LogP contribution in [0, 0.1) is 52.3 Å². The van der Waals surface area contributed by atoms with Crippen LogP contribution >= 0.6 is 0 Å². The van der Waals surface area contributed by atoms with E-state index >= 15 is 0 Å². The maximum absolute atomic E-state index is 11.7. The Morgan fingerprint density at radius 2 is 1.63 bits per heavy atom. The number of fused-ring (bicyclic) bond motifs is 5. The van der Waals surface area contributed by atoms with Gasteiger partial charge in [0, 0.05) is 6.04 Å². The summed E-state index contributed by atoms with van der Waals surface area (Å²) in [6.45, 7) is 13.0. The van der Waals surface area contributed by atoms with E-state index in [1.165, 1.54) is 44.9 Å². The zero-order valence-electron chi connectivity index (χ0n) is 26.6. The van der Waals surface area contributed by atoms with Gasteiger partial charge in [0.15, 0.2) is 0 Å². The molecular weight excluding hydrogens is 514 g/mol. The third-order valence-electron chi connectivity index (χ3n) is 13.1. The van der Waals surface area contributed by atoms with Gasteiger partial charge in [0.2, 0.25) is 0 Å². The highest BCUT2D eigenvalue weighted by molar-refractivity contribution is 5.70. The fourth-order valence-electron chi connectivity index (χ4n) is 10.5. The van der Waals surface area contributed by atoms with E-state index in [-0.39, 0.29) is 11.5 Å². The molecule has 0 heterocycles. The molecule has 0 aromatic rings. The first kappa shape index (κ1) is 33.2. The van der Waals surface area contributed by atoms with Crippen LogP contribution in [0.5, 0.6) is 0 Å². The zero-order valence-corrected chi connectivity index (χ0v) is 26.6. The van der Waals surface area contributed by atoms with Gasteiger partial charge in [0.25, 0.3) is 0 Å². The van der Waals surface area contributed by atoms with Crippen molar-refractivity contribution in [2.45, 2.75) is 129 Å². The van der Waals surface area contributed by atoms with Gasteiger partial charge in [-0.1, -0.05) is 20.8 Å². The minimum atomic E-state index is -0.915. The SMILES string of the molecule is CC(C(=O)O)C(O)CC[C@@H](C)[C@H]1CCC2C3C(CC[C@@]21C)[C@@]1(C)CC[C@H](NCCCNCCCCN)C[C@@H]1C[C@H]3O. The number of hydrogen-bond acceptors (Lipinski definition) is 6. The summed E-state index contributed by atoms with van der Waals surface area (Å²) in [5.41, 5.74) is 6.16. The highest BCUT2D eigenvalue weighted by Gasteiger charge is 2.62. The van der Waals surface area contributed by atoms with Gasteiger partial charge in [-0.25, -0.2) is 0 Å². The Labute approximate surface area is 250 Å². The summed E-state index contributed by atoms with van der Waals surface area (Å²) in [5.74, 6) is 1.66. The van der Waals surface area contributed by atoms with Crippen molar-refractivity contribution < 1.29 is 20.1 Å². The molecule has 0 amide bonds. The number of nitrogens with one attached hydrogen (secondary N) is 2. The number of aliphatic hydroxyl groups excluding tert-OH is 2. The molecule has 7 heteroatoms. The van der Waals surface area contributed by atoms with E-state index in [1.807, 2.05) is 0 Å². The summed E-state index contributed by atoms with van der Waals surface area (Å²) in [5, 5.41) is 38.8. The van der Waals surface area contributed by atoms with Gasteiger partial charge in [-0.3, -0.25) is 4.79 Å². The normalized spacial score (nSPS) is 40.7. The molecule has 0 aromatic carbocycles. The second-order valence-electron chi connectivity index (χ2n) is 15.3. The Hall–Kier alpha value is -0.730. The molecule has 41 heavy (non-hydrogen) atoms. The van der Waals surface area contributed by atoms with E-state index in [4.69, 9.17) is 5.73 Å². The van der Waals surface area contributed by atoms with Gasteiger partial charge in [0.05, 0.1) is 18.1 Å². The molecule has 12 atom stereocenters. The Kier molecular flexibility index (Phi) is 11.6. The van der Waals surface area contributed by atoms with Crippen molar-refractivity contribution >= 4 is 5.97 Å². The number of aliphatic hydroxyl groups is 2. The lowest BCUT2D eigenvalue weighted by molar-refractivity contribution is -0.167. The number of hydrogen-bond donors (Lipinski definition) is 6. The Bertz CT molecular complexity index is 843. The van der Waals surface area contributed by atoms with Crippen LogP contribution in [0.3, 0.4) is 0 Å². The molecule has 4 rings (SSSR count). The lowest BCUT2D eigenvalue weighted by Crippen LogP contribution is -2.59. The Balaban J connectivity index is 1.30.